The van der Waals surface area contributed by atoms with Crippen LogP contribution in [0.1, 0.15) is 57.7 Å². The zero-order valence-corrected chi connectivity index (χ0v) is 17.3. The number of hydrogen-bond acceptors (Lipinski definition) is 1. The van der Waals surface area contributed by atoms with Crippen molar-refractivity contribution in [3.05, 3.63) is 65.0 Å². The fourth-order valence-electron chi connectivity index (χ4n) is 4.68. The van der Waals surface area contributed by atoms with Crippen molar-refractivity contribution in [2.75, 3.05) is 0 Å². The van der Waals surface area contributed by atoms with Crippen molar-refractivity contribution in [2.45, 2.75) is 53.1 Å². The molecule has 0 radical (unpaired) electrons. The second-order valence-electron chi connectivity index (χ2n) is 8.04. The van der Waals surface area contributed by atoms with Gasteiger partial charge in [-0.15, -0.1) is 0 Å². The molecular weight excluding hydrogens is 369 g/mol. The highest BCUT2D eigenvalue weighted by Gasteiger charge is 2.54. The minimum atomic E-state index is -3.99. The van der Waals surface area contributed by atoms with Crippen LogP contribution in [0.3, 0.4) is 0 Å². The number of nitrogens with zero attached hydrogens (tertiary/aromatic N) is 2. The molecule has 1 N–H and O–H groups in total. The number of aliphatic hydroxyl groups is 1. The number of aromatic nitrogens is 1. The molecule has 152 valence electrons. The van der Waals surface area contributed by atoms with E-state index in [1.54, 1.807) is 37.3 Å². The number of fused-ring (bicyclic) bond motifs is 2. The number of rotatable bonds is 6. The summed E-state index contributed by atoms with van der Waals surface area (Å²) in [5, 5.41) is 9.28. The van der Waals surface area contributed by atoms with E-state index >= 15 is 8.63 Å². The van der Waals surface area contributed by atoms with E-state index in [0.29, 0.717) is 22.8 Å². The molecule has 3 heterocycles. The Kier molecular flexibility index (Phi) is 5.07. The summed E-state index contributed by atoms with van der Waals surface area (Å²) in [6.45, 7) is 1.79. The van der Waals surface area contributed by atoms with Gasteiger partial charge in [0, 0.05) is 35.5 Å². The minimum Gasteiger partial charge on any atom is -0.392 e. The smallest absolute Gasteiger partial charge is 0.392 e. The van der Waals surface area contributed by atoms with Crippen LogP contribution in [0, 0.1) is 0 Å². The van der Waals surface area contributed by atoms with Gasteiger partial charge in [-0.05, 0) is 43.0 Å². The predicted octanol–water partition coefficient (Wildman–Crippen LogP) is 5.61. The summed E-state index contributed by atoms with van der Waals surface area (Å²) >= 11 is 0. The molecule has 0 saturated heterocycles. The lowest BCUT2D eigenvalue weighted by molar-refractivity contribution is -0.363. The molecule has 6 heteroatoms. The van der Waals surface area contributed by atoms with Crippen molar-refractivity contribution < 1.29 is 18.2 Å². The first-order chi connectivity index (χ1) is 13.9. The Labute approximate surface area is 170 Å². The first kappa shape index (κ1) is 19.8. The molecular formula is C23H27BF2N2O. The number of benzene rings is 1. The van der Waals surface area contributed by atoms with Crippen LogP contribution >= 0.6 is 0 Å². The predicted molar refractivity (Wildman–Crippen MR) is 115 cm³/mol. The lowest BCUT2D eigenvalue weighted by atomic mass is 9.85. The van der Waals surface area contributed by atoms with Crippen molar-refractivity contribution in [1.82, 2.24) is 4.48 Å². The molecule has 0 unspecified atom stereocenters. The van der Waals surface area contributed by atoms with Gasteiger partial charge >= 0.3 is 6.97 Å². The van der Waals surface area contributed by atoms with Gasteiger partial charge in [-0.2, -0.15) is 0 Å². The van der Waals surface area contributed by atoms with Crippen LogP contribution in [0.4, 0.5) is 8.63 Å². The van der Waals surface area contributed by atoms with Gasteiger partial charge in [-0.1, -0.05) is 44.0 Å². The van der Waals surface area contributed by atoms with Gasteiger partial charge in [0.1, 0.15) is 5.71 Å². The van der Waals surface area contributed by atoms with Crippen LogP contribution in [0.15, 0.2) is 53.7 Å². The average molecular weight is 396 g/mol. The van der Waals surface area contributed by atoms with Crippen molar-refractivity contribution in [3.8, 4) is 11.3 Å². The molecule has 2 aromatic rings. The second kappa shape index (κ2) is 7.41. The van der Waals surface area contributed by atoms with Crippen LogP contribution in [0.5, 0.6) is 0 Å². The Morgan fingerprint density at radius 2 is 1.69 bits per heavy atom. The Bertz CT molecular complexity index is 1050. The van der Waals surface area contributed by atoms with Gasteiger partial charge in [0.25, 0.3) is 0 Å². The van der Waals surface area contributed by atoms with Gasteiger partial charge in [-0.25, -0.2) is 0 Å². The van der Waals surface area contributed by atoms with E-state index < -0.39 is 6.97 Å². The van der Waals surface area contributed by atoms with Crippen molar-refractivity contribution in [1.29, 1.82) is 0 Å². The number of halogens is 2. The zero-order valence-electron chi connectivity index (χ0n) is 17.3. The lowest BCUT2D eigenvalue weighted by Gasteiger charge is -2.34. The van der Waals surface area contributed by atoms with Crippen LogP contribution in [0.2, 0.25) is 0 Å². The molecule has 3 nitrogen and oxygen atoms in total. The number of aliphatic hydroxyl groups excluding tert-OH is 1. The Balaban J connectivity index is 1.91. The van der Waals surface area contributed by atoms with Crippen LogP contribution in [0.25, 0.3) is 16.8 Å². The van der Waals surface area contributed by atoms with E-state index in [1.807, 2.05) is 19.1 Å². The van der Waals surface area contributed by atoms with Gasteiger partial charge in [0.05, 0.1) is 6.61 Å². The van der Waals surface area contributed by atoms with E-state index in [0.717, 1.165) is 48.0 Å². The SMILES string of the molecule is CCCCCC1=C2C(C)=CC(C)=[N+]2[B-](F)(F)n2c1ccc2-c1ccc(CO)cc1. The van der Waals surface area contributed by atoms with E-state index in [4.69, 9.17) is 0 Å². The molecule has 29 heavy (non-hydrogen) atoms. The van der Waals surface area contributed by atoms with Gasteiger partial charge in [0.15, 0.2) is 5.70 Å². The molecule has 1 aromatic heterocycles. The molecule has 1 aromatic carbocycles. The summed E-state index contributed by atoms with van der Waals surface area (Å²) < 4.78 is 34.3. The molecule has 0 bridgehead atoms. The minimum absolute atomic E-state index is 0.0623. The van der Waals surface area contributed by atoms with E-state index in [1.165, 1.54) is 8.96 Å². The molecule has 0 amide bonds. The summed E-state index contributed by atoms with van der Waals surface area (Å²) in [6.07, 6.45) is 5.82. The number of hydrogen-bond donors (Lipinski definition) is 1. The molecule has 4 rings (SSSR count). The fraction of sp³-hybridized carbons (Fsp3) is 0.348. The maximum atomic E-state index is 15.9. The Hall–Kier alpha value is -2.47. The molecule has 0 atom stereocenters. The third kappa shape index (κ3) is 3.10. The molecule has 0 saturated carbocycles. The Morgan fingerprint density at radius 3 is 2.34 bits per heavy atom. The highest BCUT2D eigenvalue weighted by atomic mass is 19.2. The van der Waals surface area contributed by atoms with Crippen LogP contribution < -0.4 is 0 Å². The highest BCUT2D eigenvalue weighted by Crippen LogP contribution is 2.43. The van der Waals surface area contributed by atoms with Crippen molar-refractivity contribution >= 4 is 18.3 Å². The summed E-state index contributed by atoms with van der Waals surface area (Å²) in [4.78, 5) is 0. The average Bonchev–Trinajstić information content (AvgIpc) is 3.27. The Morgan fingerprint density at radius 1 is 1.00 bits per heavy atom. The van der Waals surface area contributed by atoms with Crippen molar-refractivity contribution in [2.24, 2.45) is 0 Å². The zero-order chi connectivity index (χ0) is 20.8. The first-order valence-corrected chi connectivity index (χ1v) is 10.4. The van der Waals surface area contributed by atoms with Crippen LogP contribution in [-0.2, 0) is 6.61 Å². The first-order valence-electron chi connectivity index (χ1n) is 10.4. The van der Waals surface area contributed by atoms with Gasteiger partial charge < -0.3 is 22.7 Å². The molecule has 0 fully saturated rings. The van der Waals surface area contributed by atoms with Gasteiger partial charge in [-0.3, -0.25) is 0 Å². The topological polar surface area (TPSA) is 28.2 Å². The maximum absolute atomic E-state index is 15.9. The quantitative estimate of drug-likeness (QED) is 0.499. The standard InChI is InChI=1S/C23H27BF2N2O/c1-4-5-6-7-20-22-13-12-21(19-10-8-18(15-29)9-11-19)28(22)24(25,26)27-17(3)14-16(2)23(20)27/h8-14,29H,4-7,15H2,1-3H3. The summed E-state index contributed by atoms with van der Waals surface area (Å²) in [7, 11) is 0. The third-order valence-corrected chi connectivity index (χ3v) is 6.02. The summed E-state index contributed by atoms with van der Waals surface area (Å²) in [6, 6.07) is 10.8. The normalized spacial score (nSPS) is 17.5. The van der Waals surface area contributed by atoms with Crippen molar-refractivity contribution in [3.63, 3.8) is 0 Å². The molecule has 0 spiro atoms. The maximum Gasteiger partial charge on any atom is 0.737 e. The van der Waals surface area contributed by atoms with E-state index in [9.17, 15) is 5.11 Å². The van der Waals surface area contributed by atoms with Crippen LogP contribution in [-0.4, -0.2) is 26.8 Å². The van der Waals surface area contributed by atoms with Gasteiger partial charge in [0.2, 0.25) is 0 Å². The molecule has 2 aliphatic heterocycles. The fourth-order valence-corrected chi connectivity index (χ4v) is 4.68. The van der Waals surface area contributed by atoms with E-state index in [-0.39, 0.29) is 6.61 Å². The van der Waals surface area contributed by atoms with E-state index in [2.05, 4.69) is 6.92 Å². The monoisotopic (exact) mass is 396 g/mol. The summed E-state index contributed by atoms with van der Waals surface area (Å²) in [5.74, 6) is 0. The largest absolute Gasteiger partial charge is 0.737 e. The lowest BCUT2D eigenvalue weighted by Crippen LogP contribution is -2.51. The molecule has 0 aliphatic carbocycles. The molecule has 2 aliphatic rings. The third-order valence-electron chi connectivity index (χ3n) is 6.02. The highest BCUT2D eigenvalue weighted by molar-refractivity contribution is 6.58. The summed E-state index contributed by atoms with van der Waals surface area (Å²) in [5.41, 5.74) is 5.84. The number of unbranched alkanes of at least 4 members (excludes halogenated alkanes) is 2. The number of allylic oxidation sites excluding steroid dienone is 3. The second-order valence-corrected chi connectivity index (χ2v) is 8.04.